The van der Waals surface area contributed by atoms with Crippen LogP contribution in [0.1, 0.15) is 29.4 Å². The molecule has 1 aromatic carbocycles. The third kappa shape index (κ3) is 4.82. The molecule has 3 heterocycles. The van der Waals surface area contributed by atoms with Crippen molar-refractivity contribution < 1.29 is 4.79 Å². The molecule has 0 spiro atoms. The fraction of sp³-hybridized carbons (Fsp3) is 0.227. The van der Waals surface area contributed by atoms with Crippen LogP contribution in [0.15, 0.2) is 61.1 Å². The van der Waals surface area contributed by atoms with Crippen LogP contribution >= 0.6 is 0 Å². The monoisotopic (exact) mass is 386 g/mol. The fourth-order valence-corrected chi connectivity index (χ4v) is 3.40. The molecule has 1 N–H and O–H groups in total. The van der Waals surface area contributed by atoms with Crippen LogP contribution in [0.5, 0.6) is 0 Å². The average molecular weight is 386 g/mol. The van der Waals surface area contributed by atoms with Gasteiger partial charge < -0.3 is 10.2 Å². The van der Waals surface area contributed by atoms with Gasteiger partial charge in [0.2, 0.25) is 5.91 Å². The lowest BCUT2D eigenvalue weighted by molar-refractivity contribution is -0.124. The maximum Gasteiger partial charge on any atom is 0.246 e. The number of likely N-dealkylation sites (tertiary alicyclic amines) is 1. The van der Waals surface area contributed by atoms with Crippen molar-refractivity contribution in [3.05, 3.63) is 78.1 Å². The number of hydrogen-bond donors (Lipinski definition) is 1. The minimum absolute atomic E-state index is 0.0278. The Bertz CT molecular complexity index is 1010. The number of aromatic nitrogens is 4. The van der Waals surface area contributed by atoms with Crippen LogP contribution in [-0.4, -0.2) is 43.8 Å². The lowest BCUT2D eigenvalue weighted by Gasteiger charge is -2.15. The van der Waals surface area contributed by atoms with E-state index in [0.717, 1.165) is 24.2 Å². The van der Waals surface area contributed by atoms with E-state index in [-0.39, 0.29) is 11.8 Å². The van der Waals surface area contributed by atoms with E-state index in [1.54, 1.807) is 24.7 Å². The van der Waals surface area contributed by atoms with Crippen LogP contribution in [-0.2, 0) is 4.79 Å². The number of nitrogens with zero attached hydrogens (tertiary/aromatic N) is 5. The number of carbonyl (C=O) groups excluding carboxylic acids is 1. The predicted octanol–water partition coefficient (Wildman–Crippen LogP) is 3.35. The maximum atomic E-state index is 12.5. The number of amides is 1. The summed E-state index contributed by atoms with van der Waals surface area (Å²) >= 11 is 0. The average Bonchev–Trinajstić information content (AvgIpc) is 3.24. The van der Waals surface area contributed by atoms with E-state index in [4.69, 9.17) is 0 Å². The molecule has 1 unspecified atom stereocenters. The molecule has 0 aliphatic carbocycles. The molecule has 1 aliphatic rings. The third-order valence-corrected chi connectivity index (χ3v) is 4.81. The van der Waals surface area contributed by atoms with Gasteiger partial charge in [-0.1, -0.05) is 30.3 Å². The first kappa shape index (κ1) is 18.7. The Labute approximate surface area is 169 Å². The van der Waals surface area contributed by atoms with E-state index in [9.17, 15) is 4.79 Å². The lowest BCUT2D eigenvalue weighted by Crippen LogP contribution is -2.26. The molecular weight excluding hydrogens is 364 g/mol. The Morgan fingerprint density at radius 2 is 2.03 bits per heavy atom. The van der Waals surface area contributed by atoms with Crippen LogP contribution in [0, 0.1) is 6.92 Å². The second-order valence-electron chi connectivity index (χ2n) is 6.95. The van der Waals surface area contributed by atoms with Crippen LogP contribution in [0.2, 0.25) is 0 Å². The van der Waals surface area contributed by atoms with Crippen molar-refractivity contribution in [1.82, 2.24) is 24.8 Å². The highest BCUT2D eigenvalue weighted by atomic mass is 16.2. The SMILES string of the molecule is Cc1nc(Nc2cnccn2)cc(C2CCN(C(=O)/C=C/c3ccccc3)C2)n1. The van der Waals surface area contributed by atoms with Crippen LogP contribution < -0.4 is 5.32 Å². The maximum absolute atomic E-state index is 12.5. The Morgan fingerprint density at radius 3 is 2.83 bits per heavy atom. The molecular formula is C22H22N6O. The molecule has 0 radical (unpaired) electrons. The number of aryl methyl sites for hydroxylation is 1. The quantitative estimate of drug-likeness (QED) is 0.677. The first-order valence-electron chi connectivity index (χ1n) is 9.58. The smallest absolute Gasteiger partial charge is 0.246 e. The number of hydrogen-bond acceptors (Lipinski definition) is 6. The van der Waals surface area contributed by atoms with Crippen molar-refractivity contribution in [3.63, 3.8) is 0 Å². The summed E-state index contributed by atoms with van der Waals surface area (Å²) in [4.78, 5) is 31.7. The summed E-state index contributed by atoms with van der Waals surface area (Å²) in [5, 5.41) is 3.16. The largest absolute Gasteiger partial charge is 0.338 e. The zero-order chi connectivity index (χ0) is 20.1. The van der Waals surface area contributed by atoms with Crippen molar-refractivity contribution in [1.29, 1.82) is 0 Å². The number of nitrogens with one attached hydrogen (secondary N) is 1. The van der Waals surface area contributed by atoms with E-state index in [2.05, 4.69) is 25.3 Å². The van der Waals surface area contributed by atoms with E-state index < -0.39 is 0 Å². The van der Waals surface area contributed by atoms with Gasteiger partial charge in [0.05, 0.1) is 11.9 Å². The van der Waals surface area contributed by atoms with E-state index in [1.165, 1.54) is 0 Å². The number of benzene rings is 1. The van der Waals surface area contributed by atoms with E-state index >= 15 is 0 Å². The molecule has 1 saturated heterocycles. The molecule has 1 amide bonds. The van der Waals surface area contributed by atoms with Gasteiger partial charge in [-0.15, -0.1) is 0 Å². The third-order valence-electron chi connectivity index (χ3n) is 4.81. The van der Waals surface area contributed by atoms with Crippen molar-refractivity contribution in [2.45, 2.75) is 19.3 Å². The summed E-state index contributed by atoms with van der Waals surface area (Å²) in [6.07, 6.45) is 9.27. The molecule has 1 fully saturated rings. The van der Waals surface area contributed by atoms with E-state index in [0.29, 0.717) is 24.0 Å². The Kier molecular flexibility index (Phi) is 5.56. The van der Waals surface area contributed by atoms with Gasteiger partial charge in [0.25, 0.3) is 0 Å². The van der Waals surface area contributed by atoms with Gasteiger partial charge >= 0.3 is 0 Å². The van der Waals surface area contributed by atoms with E-state index in [1.807, 2.05) is 54.3 Å². The van der Waals surface area contributed by atoms with Gasteiger partial charge in [-0.3, -0.25) is 9.78 Å². The summed E-state index contributed by atoms with van der Waals surface area (Å²) < 4.78 is 0. The number of anilines is 2. The first-order valence-corrected chi connectivity index (χ1v) is 9.58. The topological polar surface area (TPSA) is 83.9 Å². The lowest BCUT2D eigenvalue weighted by atomic mass is 10.0. The van der Waals surface area contributed by atoms with Gasteiger partial charge in [-0.25, -0.2) is 15.0 Å². The molecule has 7 heteroatoms. The summed E-state index contributed by atoms with van der Waals surface area (Å²) in [5.74, 6) is 2.21. The van der Waals surface area contributed by atoms with Crippen molar-refractivity contribution in [2.75, 3.05) is 18.4 Å². The van der Waals surface area contributed by atoms with Gasteiger partial charge in [0.15, 0.2) is 0 Å². The highest BCUT2D eigenvalue weighted by Gasteiger charge is 2.27. The zero-order valence-electron chi connectivity index (χ0n) is 16.2. The second kappa shape index (κ2) is 8.60. The molecule has 1 atom stereocenters. The van der Waals surface area contributed by atoms with Crippen molar-refractivity contribution >= 4 is 23.6 Å². The molecule has 29 heavy (non-hydrogen) atoms. The summed E-state index contributed by atoms with van der Waals surface area (Å²) in [6.45, 7) is 3.24. The summed E-state index contributed by atoms with van der Waals surface area (Å²) in [7, 11) is 0. The molecule has 0 saturated carbocycles. The minimum Gasteiger partial charge on any atom is -0.338 e. The van der Waals surface area contributed by atoms with Crippen LogP contribution in [0.25, 0.3) is 6.08 Å². The van der Waals surface area contributed by atoms with Crippen molar-refractivity contribution in [3.8, 4) is 0 Å². The zero-order valence-corrected chi connectivity index (χ0v) is 16.2. The molecule has 2 aromatic heterocycles. The number of carbonyl (C=O) groups is 1. The predicted molar refractivity (Wildman–Crippen MR) is 111 cm³/mol. The Hall–Kier alpha value is -3.61. The van der Waals surface area contributed by atoms with Gasteiger partial charge in [0, 0.05) is 43.5 Å². The standard InChI is InChI=1S/C22H22N6O/c1-16-25-19(13-20(26-16)27-21-14-23-10-11-24-21)18-9-12-28(15-18)22(29)8-7-17-5-3-2-4-6-17/h2-8,10-11,13-14,18H,9,12,15H2,1H3,(H,24,25,26,27)/b8-7+. The van der Waals surface area contributed by atoms with Gasteiger partial charge in [-0.05, 0) is 25.0 Å². The Balaban J connectivity index is 1.43. The van der Waals surface area contributed by atoms with Gasteiger partial charge in [0.1, 0.15) is 17.5 Å². The molecule has 4 rings (SSSR count). The summed E-state index contributed by atoms with van der Waals surface area (Å²) in [6, 6.07) is 11.8. The molecule has 7 nitrogen and oxygen atoms in total. The van der Waals surface area contributed by atoms with Crippen LogP contribution in [0.4, 0.5) is 11.6 Å². The normalized spacial score (nSPS) is 16.3. The highest BCUT2D eigenvalue weighted by molar-refractivity contribution is 5.92. The van der Waals surface area contributed by atoms with Gasteiger partial charge in [-0.2, -0.15) is 0 Å². The Morgan fingerprint density at radius 1 is 1.17 bits per heavy atom. The fourth-order valence-electron chi connectivity index (χ4n) is 3.40. The molecule has 146 valence electrons. The van der Waals surface area contributed by atoms with Crippen molar-refractivity contribution in [2.24, 2.45) is 0 Å². The molecule has 3 aromatic rings. The first-order chi connectivity index (χ1) is 14.2. The second-order valence-corrected chi connectivity index (χ2v) is 6.95. The highest BCUT2D eigenvalue weighted by Crippen LogP contribution is 2.28. The number of rotatable bonds is 5. The van der Waals surface area contributed by atoms with Crippen LogP contribution in [0.3, 0.4) is 0 Å². The summed E-state index contributed by atoms with van der Waals surface area (Å²) in [5.41, 5.74) is 1.95. The molecule has 0 bridgehead atoms. The molecule has 1 aliphatic heterocycles. The minimum atomic E-state index is 0.0278.